The van der Waals surface area contributed by atoms with Gasteiger partial charge < -0.3 is 0 Å². The Labute approximate surface area is 137 Å². The molecule has 2 rings (SSSR count). The van der Waals surface area contributed by atoms with Gasteiger partial charge in [-0.15, -0.1) is 0 Å². The Bertz CT molecular complexity index is 491. The van der Waals surface area contributed by atoms with E-state index >= 15 is 0 Å². The maximum atomic E-state index is 2.29. The molecule has 120 valence electrons. The number of rotatable bonds is 7. The minimum absolute atomic E-state index is 1.22. The van der Waals surface area contributed by atoms with Gasteiger partial charge >= 0.3 is 0 Å². The molecule has 0 fully saturated rings. The van der Waals surface area contributed by atoms with Crippen LogP contribution in [0.5, 0.6) is 0 Å². The standard InChI is InChI=1S/C20H26.C2H6/c1-3-4-5-6-7-8-18-11-15-20(16-12-18)19-13-9-17(2)10-14-19;1-2/h9-16H,3-8H2,1-2H3;1-2H3. The third kappa shape index (κ3) is 6.47. The van der Waals surface area contributed by atoms with Crippen LogP contribution in [0.1, 0.15) is 64.0 Å². The first kappa shape index (κ1) is 18.5. The molecule has 0 spiro atoms. The van der Waals surface area contributed by atoms with Crippen LogP contribution in [-0.2, 0) is 6.42 Å². The molecule has 0 amide bonds. The fourth-order valence-electron chi connectivity index (χ4n) is 2.54. The summed E-state index contributed by atoms with van der Waals surface area (Å²) < 4.78 is 0. The van der Waals surface area contributed by atoms with E-state index < -0.39 is 0 Å². The van der Waals surface area contributed by atoms with E-state index in [1.807, 2.05) is 13.8 Å². The molecule has 0 unspecified atom stereocenters. The summed E-state index contributed by atoms with van der Waals surface area (Å²) in [5, 5.41) is 0. The van der Waals surface area contributed by atoms with Gasteiger partial charge in [-0.2, -0.15) is 0 Å². The molecule has 0 nitrogen and oxygen atoms in total. The highest BCUT2D eigenvalue weighted by Gasteiger charge is 1.98. The van der Waals surface area contributed by atoms with Crippen LogP contribution in [0.3, 0.4) is 0 Å². The minimum Gasteiger partial charge on any atom is -0.0683 e. The van der Waals surface area contributed by atoms with Gasteiger partial charge in [0.25, 0.3) is 0 Å². The van der Waals surface area contributed by atoms with Crippen molar-refractivity contribution < 1.29 is 0 Å². The number of hydrogen-bond donors (Lipinski definition) is 0. The quantitative estimate of drug-likeness (QED) is 0.474. The Balaban J connectivity index is 0.00000116. The lowest BCUT2D eigenvalue weighted by Gasteiger charge is -2.05. The largest absolute Gasteiger partial charge is 0.0683 e. The van der Waals surface area contributed by atoms with Crippen LogP contribution in [0.15, 0.2) is 48.5 Å². The van der Waals surface area contributed by atoms with Crippen LogP contribution in [0.4, 0.5) is 0 Å². The average Bonchev–Trinajstić information content (AvgIpc) is 2.58. The zero-order valence-corrected chi connectivity index (χ0v) is 14.9. The second-order valence-electron chi connectivity index (χ2n) is 5.73. The molecule has 22 heavy (non-hydrogen) atoms. The average molecular weight is 296 g/mol. The van der Waals surface area contributed by atoms with Gasteiger partial charge in [0.1, 0.15) is 0 Å². The molecule has 0 N–H and O–H groups in total. The van der Waals surface area contributed by atoms with Crippen molar-refractivity contribution in [2.24, 2.45) is 0 Å². The summed E-state index contributed by atoms with van der Waals surface area (Å²) in [4.78, 5) is 0. The molecule has 0 aliphatic rings. The molecule has 0 bridgehead atoms. The first-order valence-electron chi connectivity index (χ1n) is 8.95. The number of unbranched alkanes of at least 4 members (excludes halogenated alkanes) is 4. The second-order valence-corrected chi connectivity index (χ2v) is 5.73. The van der Waals surface area contributed by atoms with E-state index in [2.05, 4.69) is 62.4 Å². The van der Waals surface area contributed by atoms with Gasteiger partial charge in [-0.3, -0.25) is 0 Å². The molecular weight excluding hydrogens is 264 g/mol. The molecular formula is C22H32. The summed E-state index contributed by atoms with van der Waals surface area (Å²) in [5.41, 5.74) is 5.42. The lowest BCUT2D eigenvalue weighted by Crippen LogP contribution is -1.87. The Morgan fingerprint density at radius 1 is 0.636 bits per heavy atom. The predicted octanol–water partition coefficient (Wildman–Crippen LogP) is 7.20. The SMILES string of the molecule is CC.CCCCCCCc1ccc(-c2ccc(C)cc2)cc1. The fraction of sp³-hybridized carbons (Fsp3) is 0.455. The van der Waals surface area contributed by atoms with Crippen molar-refractivity contribution in [3.05, 3.63) is 59.7 Å². The summed E-state index contributed by atoms with van der Waals surface area (Å²) in [6, 6.07) is 17.8. The van der Waals surface area contributed by atoms with Crippen LogP contribution in [0.25, 0.3) is 11.1 Å². The highest BCUT2D eigenvalue weighted by atomic mass is 14.0. The smallest absolute Gasteiger partial charge is 0.0184 e. The van der Waals surface area contributed by atoms with E-state index in [0.29, 0.717) is 0 Å². The van der Waals surface area contributed by atoms with Gasteiger partial charge in [-0.1, -0.05) is 101 Å². The van der Waals surface area contributed by atoms with Crippen LogP contribution in [0.2, 0.25) is 0 Å². The van der Waals surface area contributed by atoms with Gasteiger partial charge in [0, 0.05) is 0 Å². The lowest BCUT2D eigenvalue weighted by atomic mass is 10.0. The Morgan fingerprint density at radius 2 is 1.14 bits per heavy atom. The normalized spacial score (nSPS) is 10.0. The number of benzene rings is 2. The highest BCUT2D eigenvalue weighted by molar-refractivity contribution is 5.63. The maximum Gasteiger partial charge on any atom is -0.0184 e. The first-order valence-corrected chi connectivity index (χ1v) is 8.95. The van der Waals surface area contributed by atoms with E-state index in [0.717, 1.165) is 0 Å². The molecule has 0 atom stereocenters. The van der Waals surface area contributed by atoms with E-state index in [-0.39, 0.29) is 0 Å². The van der Waals surface area contributed by atoms with Crippen LogP contribution < -0.4 is 0 Å². The Kier molecular flexibility index (Phi) is 9.30. The minimum atomic E-state index is 1.22. The summed E-state index contributed by atoms with van der Waals surface area (Å²) in [5.74, 6) is 0. The van der Waals surface area contributed by atoms with Crippen molar-refractivity contribution in [3.8, 4) is 11.1 Å². The van der Waals surface area contributed by atoms with Gasteiger partial charge in [-0.05, 0) is 36.5 Å². The summed E-state index contributed by atoms with van der Waals surface area (Å²) in [6.45, 7) is 8.40. The molecule has 0 saturated carbocycles. The molecule has 0 aromatic heterocycles. The molecule has 0 saturated heterocycles. The molecule has 0 aliphatic heterocycles. The molecule has 2 aromatic rings. The van der Waals surface area contributed by atoms with E-state index in [1.54, 1.807) is 0 Å². The molecule has 0 heterocycles. The van der Waals surface area contributed by atoms with Gasteiger partial charge in [0.2, 0.25) is 0 Å². The lowest BCUT2D eigenvalue weighted by molar-refractivity contribution is 0.632. The molecule has 2 aromatic carbocycles. The summed E-state index contributed by atoms with van der Waals surface area (Å²) in [7, 11) is 0. The van der Waals surface area contributed by atoms with Gasteiger partial charge in [0.15, 0.2) is 0 Å². The Morgan fingerprint density at radius 3 is 1.68 bits per heavy atom. The maximum absolute atomic E-state index is 2.29. The molecule has 0 radical (unpaired) electrons. The van der Waals surface area contributed by atoms with E-state index in [9.17, 15) is 0 Å². The molecule has 0 aliphatic carbocycles. The van der Waals surface area contributed by atoms with E-state index in [1.165, 1.54) is 60.8 Å². The third-order valence-electron chi connectivity index (χ3n) is 3.91. The van der Waals surface area contributed by atoms with Crippen LogP contribution in [0, 0.1) is 6.92 Å². The fourth-order valence-corrected chi connectivity index (χ4v) is 2.54. The monoisotopic (exact) mass is 296 g/mol. The van der Waals surface area contributed by atoms with Gasteiger partial charge in [-0.25, -0.2) is 0 Å². The third-order valence-corrected chi connectivity index (χ3v) is 3.91. The number of hydrogen-bond acceptors (Lipinski definition) is 0. The van der Waals surface area contributed by atoms with Crippen molar-refractivity contribution in [1.29, 1.82) is 0 Å². The predicted molar refractivity (Wildman–Crippen MR) is 100 cm³/mol. The highest BCUT2D eigenvalue weighted by Crippen LogP contribution is 2.21. The van der Waals surface area contributed by atoms with Crippen molar-refractivity contribution in [2.75, 3.05) is 0 Å². The molecule has 0 heteroatoms. The topological polar surface area (TPSA) is 0 Å². The number of aryl methyl sites for hydroxylation is 2. The van der Waals surface area contributed by atoms with Crippen LogP contribution in [-0.4, -0.2) is 0 Å². The van der Waals surface area contributed by atoms with Gasteiger partial charge in [0.05, 0.1) is 0 Å². The zero-order chi connectivity index (χ0) is 16.2. The first-order chi connectivity index (χ1) is 10.8. The van der Waals surface area contributed by atoms with Crippen molar-refractivity contribution in [1.82, 2.24) is 0 Å². The second kappa shape index (κ2) is 11.1. The van der Waals surface area contributed by atoms with E-state index in [4.69, 9.17) is 0 Å². The van der Waals surface area contributed by atoms with Crippen LogP contribution >= 0.6 is 0 Å². The summed E-state index contributed by atoms with van der Waals surface area (Å²) in [6.07, 6.45) is 8.00. The van der Waals surface area contributed by atoms with Crippen molar-refractivity contribution in [3.63, 3.8) is 0 Å². The van der Waals surface area contributed by atoms with Crippen molar-refractivity contribution >= 4 is 0 Å². The van der Waals surface area contributed by atoms with Crippen molar-refractivity contribution in [2.45, 2.75) is 66.2 Å². The zero-order valence-electron chi connectivity index (χ0n) is 14.9. The summed E-state index contributed by atoms with van der Waals surface area (Å²) >= 11 is 0. The Hall–Kier alpha value is -1.56.